The Kier molecular flexibility index (Phi) is 17.0. The quantitative estimate of drug-likeness (QED) is 0.155. The molecule has 1 aromatic carbocycles. The first-order valence-corrected chi connectivity index (χ1v) is 7.17. The zero-order valence-corrected chi connectivity index (χ0v) is 13.9. The second-order valence-electron chi connectivity index (χ2n) is 2.17. The SMILES string of the molecule is O=S(=O)(O)c1cc[c-]cc1.O=S(O)O.O=S(O)O.[Na+]. The van der Waals surface area contributed by atoms with Gasteiger partial charge in [-0.05, 0) is 4.90 Å². The summed E-state index contributed by atoms with van der Waals surface area (Å²) in [4.78, 5) is -0.105. The van der Waals surface area contributed by atoms with Crippen LogP contribution in [0.1, 0.15) is 0 Å². The first-order valence-electron chi connectivity index (χ1n) is 3.61. The van der Waals surface area contributed by atoms with Crippen LogP contribution in [0.5, 0.6) is 0 Å². The summed E-state index contributed by atoms with van der Waals surface area (Å²) >= 11 is -5.22. The van der Waals surface area contributed by atoms with Crippen LogP contribution in [0.3, 0.4) is 0 Å². The van der Waals surface area contributed by atoms with E-state index in [1.807, 2.05) is 0 Å². The minimum atomic E-state index is -4.02. The van der Waals surface area contributed by atoms with Crippen molar-refractivity contribution in [2.75, 3.05) is 0 Å². The van der Waals surface area contributed by atoms with Gasteiger partial charge in [-0.1, -0.05) is 0 Å². The van der Waals surface area contributed by atoms with Crippen molar-refractivity contribution in [2.24, 2.45) is 0 Å². The van der Waals surface area contributed by atoms with Crippen LogP contribution in [-0.4, -0.2) is 39.6 Å². The van der Waals surface area contributed by atoms with Gasteiger partial charge in [0, 0.05) is 0 Å². The molecule has 0 heterocycles. The molecule has 0 aliphatic rings. The Hall–Kier alpha value is 0.270. The maximum atomic E-state index is 10.4. The first-order chi connectivity index (χ1) is 8.07. The third-order valence-corrected chi connectivity index (χ3v) is 1.85. The standard InChI is InChI=1S/C6H5O3S.Na.2H2O3S/c7-10(8,9)6-4-2-1-3-5-6;;2*1-4(2)3/h2-5H,(H,7,8,9);;2*(H2,1,2,3)/q-1;+1;;. The molecule has 0 atom stereocenters. The second-order valence-corrected chi connectivity index (χ2v) is 4.52. The van der Waals surface area contributed by atoms with E-state index in [-0.39, 0.29) is 34.5 Å². The molecule has 13 heteroatoms. The first kappa shape index (κ1) is 24.3. The topological polar surface area (TPSA) is 169 Å². The molecule has 0 fully saturated rings. The maximum absolute atomic E-state index is 10.4. The van der Waals surface area contributed by atoms with Crippen LogP contribution in [0.4, 0.5) is 0 Å². The Morgan fingerprint density at radius 1 is 0.947 bits per heavy atom. The molecular weight excluding hydrogens is 335 g/mol. The van der Waals surface area contributed by atoms with Gasteiger partial charge in [0.2, 0.25) is 0 Å². The van der Waals surface area contributed by atoms with Crippen LogP contribution in [0.25, 0.3) is 0 Å². The Labute approximate surface area is 136 Å². The third kappa shape index (κ3) is 23.8. The van der Waals surface area contributed by atoms with E-state index in [4.69, 9.17) is 31.2 Å². The van der Waals surface area contributed by atoms with Crippen LogP contribution in [0, 0.1) is 6.07 Å². The van der Waals surface area contributed by atoms with Crippen molar-refractivity contribution in [3.63, 3.8) is 0 Å². The summed E-state index contributed by atoms with van der Waals surface area (Å²) in [5.74, 6) is 0. The van der Waals surface area contributed by atoms with Crippen LogP contribution >= 0.6 is 0 Å². The van der Waals surface area contributed by atoms with Crippen molar-refractivity contribution in [2.45, 2.75) is 4.90 Å². The molecule has 106 valence electrons. The molecule has 5 N–H and O–H groups in total. The Morgan fingerprint density at radius 3 is 1.37 bits per heavy atom. The number of rotatable bonds is 1. The van der Waals surface area contributed by atoms with Crippen molar-refractivity contribution < 1.29 is 69.2 Å². The van der Waals surface area contributed by atoms with E-state index in [0.29, 0.717) is 0 Å². The van der Waals surface area contributed by atoms with Gasteiger partial charge in [-0.3, -0.25) is 22.8 Å². The van der Waals surface area contributed by atoms with Crippen LogP contribution in [-0.2, 0) is 32.8 Å². The molecule has 0 radical (unpaired) electrons. The molecule has 0 amide bonds. The molecule has 0 aliphatic carbocycles. The van der Waals surface area contributed by atoms with E-state index in [9.17, 15) is 8.42 Å². The van der Waals surface area contributed by atoms with Crippen LogP contribution < -0.4 is 29.6 Å². The van der Waals surface area contributed by atoms with Crippen molar-refractivity contribution >= 4 is 32.8 Å². The van der Waals surface area contributed by atoms with E-state index in [0.717, 1.165) is 0 Å². The summed E-state index contributed by atoms with van der Waals surface area (Å²) in [6.07, 6.45) is 0. The summed E-state index contributed by atoms with van der Waals surface area (Å²) in [5.41, 5.74) is 0. The predicted octanol–water partition coefficient (Wildman–Crippen LogP) is -2.90. The van der Waals surface area contributed by atoms with E-state index < -0.39 is 32.8 Å². The Balaban J connectivity index is -0.000000242. The fourth-order valence-electron chi connectivity index (χ4n) is 0.544. The van der Waals surface area contributed by atoms with Crippen LogP contribution in [0.2, 0.25) is 0 Å². The summed E-state index contributed by atoms with van der Waals surface area (Å²) in [6.45, 7) is 0. The molecule has 1 aromatic rings. The molecule has 0 unspecified atom stereocenters. The van der Waals surface area contributed by atoms with Gasteiger partial charge in [-0.25, -0.2) is 0 Å². The fourth-order valence-corrected chi connectivity index (χ4v) is 1.02. The molecule has 0 aliphatic heterocycles. The van der Waals surface area contributed by atoms with Gasteiger partial charge in [0.15, 0.2) is 0 Å². The summed E-state index contributed by atoms with van der Waals surface area (Å²) in [5, 5.41) is 0. The molecule has 0 saturated carbocycles. The molecule has 9 nitrogen and oxygen atoms in total. The molecule has 0 saturated heterocycles. The predicted molar refractivity (Wildman–Crippen MR) is 61.9 cm³/mol. The van der Waals surface area contributed by atoms with E-state index in [1.165, 1.54) is 24.3 Å². The van der Waals surface area contributed by atoms with Gasteiger partial charge in [-0.15, -0.1) is 12.1 Å². The average molecular weight is 344 g/mol. The number of hydrogen-bond donors (Lipinski definition) is 5. The normalized spacial score (nSPS) is 9.63. The van der Waals surface area contributed by atoms with E-state index in [2.05, 4.69) is 6.07 Å². The Morgan fingerprint density at radius 2 is 1.21 bits per heavy atom. The van der Waals surface area contributed by atoms with Gasteiger partial charge < -0.3 is 0 Å². The minimum Gasteiger partial charge on any atom is -0.284 e. The largest absolute Gasteiger partial charge is 1.00 e. The van der Waals surface area contributed by atoms with Gasteiger partial charge in [0.05, 0.1) is 0 Å². The monoisotopic (exact) mass is 344 g/mol. The molecule has 1 rings (SSSR count). The third-order valence-electron chi connectivity index (χ3n) is 0.986. The van der Waals surface area contributed by atoms with Gasteiger partial charge in [0.25, 0.3) is 32.8 Å². The molecule has 19 heavy (non-hydrogen) atoms. The van der Waals surface area contributed by atoms with Crippen molar-refractivity contribution in [3.8, 4) is 0 Å². The summed E-state index contributed by atoms with van der Waals surface area (Å²) in [7, 11) is -4.02. The molecule has 0 bridgehead atoms. The maximum Gasteiger partial charge on any atom is 1.00 e. The Bertz CT molecular complexity index is 454. The van der Waals surface area contributed by atoms with Crippen molar-refractivity contribution in [1.29, 1.82) is 0 Å². The fraction of sp³-hybridized carbons (Fsp3) is 0. The van der Waals surface area contributed by atoms with Gasteiger partial charge in [0.1, 0.15) is 0 Å². The van der Waals surface area contributed by atoms with Crippen LogP contribution in [0.15, 0.2) is 29.2 Å². The zero-order chi connectivity index (χ0) is 14.8. The second kappa shape index (κ2) is 13.3. The van der Waals surface area contributed by atoms with Gasteiger partial charge >= 0.3 is 29.6 Å². The van der Waals surface area contributed by atoms with E-state index >= 15 is 0 Å². The van der Waals surface area contributed by atoms with Crippen molar-refractivity contribution in [3.05, 3.63) is 30.3 Å². The summed E-state index contributed by atoms with van der Waals surface area (Å²) in [6, 6.07) is 8.02. The van der Waals surface area contributed by atoms with Gasteiger partial charge in [-0.2, -0.15) is 35.0 Å². The van der Waals surface area contributed by atoms with E-state index in [1.54, 1.807) is 0 Å². The zero-order valence-electron chi connectivity index (χ0n) is 9.40. The minimum absolute atomic E-state index is 0. The summed E-state index contributed by atoms with van der Waals surface area (Å²) < 4.78 is 74.9. The smallest absolute Gasteiger partial charge is 0.284 e. The molecule has 0 aromatic heterocycles. The molecular formula is C6H9NaO9S3. The number of hydrogen-bond acceptors (Lipinski definition) is 4. The average Bonchev–Trinajstić information content (AvgIpc) is 2.16. The van der Waals surface area contributed by atoms with Crippen molar-refractivity contribution in [1.82, 2.24) is 0 Å². The number of benzene rings is 1. The molecule has 0 spiro atoms.